The van der Waals surface area contributed by atoms with Crippen LogP contribution in [0.15, 0.2) is 0 Å². The third kappa shape index (κ3) is 1.46. The fourth-order valence-electron chi connectivity index (χ4n) is 1.07. The fourth-order valence-corrected chi connectivity index (χ4v) is 1.69. The van der Waals surface area contributed by atoms with Crippen molar-refractivity contribution in [2.75, 3.05) is 19.6 Å². The lowest BCUT2D eigenvalue weighted by Crippen LogP contribution is -2.19. The molecule has 1 rings (SSSR count). The lowest BCUT2D eigenvalue weighted by atomic mass is 10.4. The largest absolute Gasteiger partial charge is 0.302 e. The molecule has 1 atom stereocenters. The Kier molecular flexibility index (Phi) is 2.32. The zero-order chi connectivity index (χ0) is 5.98. The Hall–Kier alpha value is 0.440. The quantitative estimate of drug-likeness (QED) is 0.549. The van der Waals surface area contributed by atoms with Crippen LogP contribution >= 0.6 is 15.9 Å². The predicted molar refractivity (Wildman–Crippen MR) is 39.4 cm³/mol. The van der Waals surface area contributed by atoms with Crippen LogP contribution in [0.2, 0.25) is 0 Å². The summed E-state index contributed by atoms with van der Waals surface area (Å²) in [6, 6.07) is 0. The molecule has 1 aliphatic rings. The average molecular weight is 178 g/mol. The number of hydrogen-bond donors (Lipinski definition) is 0. The zero-order valence-electron chi connectivity index (χ0n) is 5.23. The van der Waals surface area contributed by atoms with Crippen molar-refractivity contribution in [3.8, 4) is 0 Å². The summed E-state index contributed by atoms with van der Waals surface area (Å²) in [7, 11) is 0. The summed E-state index contributed by atoms with van der Waals surface area (Å²) in [5, 5.41) is 0. The molecular formula is C6H12BrN. The van der Waals surface area contributed by atoms with Gasteiger partial charge in [0.1, 0.15) is 0 Å². The van der Waals surface area contributed by atoms with Crippen molar-refractivity contribution in [3.63, 3.8) is 0 Å². The van der Waals surface area contributed by atoms with Gasteiger partial charge in [-0.25, -0.2) is 0 Å². The van der Waals surface area contributed by atoms with Crippen LogP contribution in [0.4, 0.5) is 0 Å². The summed E-state index contributed by atoms with van der Waals surface area (Å²) in [4.78, 5) is 3.22. The van der Waals surface area contributed by atoms with Gasteiger partial charge in [-0.05, 0) is 19.5 Å². The molecule has 0 aromatic heterocycles. The SMILES string of the molecule is CCN1CCC(Br)C1. The summed E-state index contributed by atoms with van der Waals surface area (Å²) in [5.74, 6) is 0. The normalized spacial score (nSPS) is 31.5. The van der Waals surface area contributed by atoms with E-state index in [1.54, 1.807) is 0 Å². The second kappa shape index (κ2) is 2.83. The van der Waals surface area contributed by atoms with Crippen LogP contribution in [0.1, 0.15) is 13.3 Å². The Bertz CT molecular complexity index is 74.9. The molecule has 2 heteroatoms. The van der Waals surface area contributed by atoms with E-state index < -0.39 is 0 Å². The van der Waals surface area contributed by atoms with Crippen LogP contribution < -0.4 is 0 Å². The van der Waals surface area contributed by atoms with Gasteiger partial charge in [-0.1, -0.05) is 22.9 Å². The van der Waals surface area contributed by atoms with E-state index in [1.807, 2.05) is 0 Å². The van der Waals surface area contributed by atoms with E-state index in [9.17, 15) is 0 Å². The summed E-state index contributed by atoms with van der Waals surface area (Å²) in [6.45, 7) is 5.95. The summed E-state index contributed by atoms with van der Waals surface area (Å²) >= 11 is 3.58. The molecule has 1 saturated heterocycles. The van der Waals surface area contributed by atoms with Gasteiger partial charge in [0.15, 0.2) is 0 Å². The smallest absolute Gasteiger partial charge is 0.0285 e. The first-order chi connectivity index (χ1) is 3.83. The van der Waals surface area contributed by atoms with E-state index in [0.717, 1.165) is 4.83 Å². The van der Waals surface area contributed by atoms with E-state index in [1.165, 1.54) is 26.1 Å². The second-order valence-electron chi connectivity index (χ2n) is 2.28. The summed E-state index contributed by atoms with van der Waals surface area (Å²) < 4.78 is 0. The number of alkyl halides is 1. The molecule has 0 spiro atoms. The first-order valence-electron chi connectivity index (χ1n) is 3.19. The molecule has 0 aromatic carbocycles. The first kappa shape index (κ1) is 6.56. The number of likely N-dealkylation sites (tertiary alicyclic amines) is 1. The molecule has 0 aromatic rings. The number of halogens is 1. The minimum absolute atomic E-state index is 0.766. The molecule has 48 valence electrons. The third-order valence-electron chi connectivity index (χ3n) is 1.66. The molecule has 1 heterocycles. The van der Waals surface area contributed by atoms with Crippen LogP contribution in [-0.2, 0) is 0 Å². The van der Waals surface area contributed by atoms with Crippen LogP contribution in [0.5, 0.6) is 0 Å². The minimum Gasteiger partial charge on any atom is -0.302 e. The highest BCUT2D eigenvalue weighted by Crippen LogP contribution is 2.15. The Morgan fingerprint density at radius 2 is 2.50 bits per heavy atom. The van der Waals surface area contributed by atoms with Gasteiger partial charge in [0.25, 0.3) is 0 Å². The molecule has 1 fully saturated rings. The highest BCUT2D eigenvalue weighted by atomic mass is 79.9. The minimum atomic E-state index is 0.766. The molecule has 0 amide bonds. The lowest BCUT2D eigenvalue weighted by molar-refractivity contribution is 0.360. The predicted octanol–water partition coefficient (Wildman–Crippen LogP) is 1.48. The fraction of sp³-hybridized carbons (Fsp3) is 1.00. The molecule has 0 N–H and O–H groups in total. The van der Waals surface area contributed by atoms with E-state index in [4.69, 9.17) is 0 Å². The molecule has 0 bridgehead atoms. The Morgan fingerprint density at radius 1 is 1.75 bits per heavy atom. The lowest BCUT2D eigenvalue weighted by Gasteiger charge is -2.09. The van der Waals surface area contributed by atoms with Crippen LogP contribution in [-0.4, -0.2) is 29.4 Å². The first-order valence-corrected chi connectivity index (χ1v) is 4.11. The van der Waals surface area contributed by atoms with Gasteiger partial charge < -0.3 is 4.90 Å². The molecule has 8 heavy (non-hydrogen) atoms. The molecule has 1 unspecified atom stereocenters. The van der Waals surface area contributed by atoms with Crippen molar-refractivity contribution in [1.82, 2.24) is 4.90 Å². The van der Waals surface area contributed by atoms with Crippen molar-refractivity contribution in [2.45, 2.75) is 18.2 Å². The Balaban J connectivity index is 2.22. The monoisotopic (exact) mass is 177 g/mol. The third-order valence-corrected chi connectivity index (χ3v) is 2.41. The van der Waals surface area contributed by atoms with Crippen molar-refractivity contribution >= 4 is 15.9 Å². The van der Waals surface area contributed by atoms with Crippen LogP contribution in [0.3, 0.4) is 0 Å². The van der Waals surface area contributed by atoms with Gasteiger partial charge in [-0.15, -0.1) is 0 Å². The summed E-state index contributed by atoms with van der Waals surface area (Å²) in [6.07, 6.45) is 1.33. The highest BCUT2D eigenvalue weighted by Gasteiger charge is 2.17. The van der Waals surface area contributed by atoms with E-state index in [-0.39, 0.29) is 0 Å². The van der Waals surface area contributed by atoms with Crippen molar-refractivity contribution in [3.05, 3.63) is 0 Å². The second-order valence-corrected chi connectivity index (χ2v) is 3.57. The summed E-state index contributed by atoms with van der Waals surface area (Å²) in [5.41, 5.74) is 0. The maximum absolute atomic E-state index is 3.58. The molecular weight excluding hydrogens is 166 g/mol. The standard InChI is InChI=1S/C6H12BrN/c1-2-8-4-3-6(7)5-8/h6H,2-5H2,1H3. The van der Waals surface area contributed by atoms with E-state index in [0.29, 0.717) is 0 Å². The van der Waals surface area contributed by atoms with E-state index in [2.05, 4.69) is 27.8 Å². The van der Waals surface area contributed by atoms with Crippen LogP contribution in [0, 0.1) is 0 Å². The van der Waals surface area contributed by atoms with Crippen molar-refractivity contribution < 1.29 is 0 Å². The van der Waals surface area contributed by atoms with Gasteiger partial charge >= 0.3 is 0 Å². The molecule has 1 nitrogen and oxygen atoms in total. The number of rotatable bonds is 1. The maximum atomic E-state index is 3.58. The number of hydrogen-bond acceptors (Lipinski definition) is 1. The van der Waals surface area contributed by atoms with Crippen LogP contribution in [0.25, 0.3) is 0 Å². The molecule has 1 aliphatic heterocycles. The highest BCUT2D eigenvalue weighted by molar-refractivity contribution is 9.09. The van der Waals surface area contributed by atoms with Gasteiger partial charge in [0.05, 0.1) is 0 Å². The average Bonchev–Trinajstić information content (AvgIpc) is 2.14. The van der Waals surface area contributed by atoms with Crippen molar-refractivity contribution in [2.24, 2.45) is 0 Å². The van der Waals surface area contributed by atoms with Gasteiger partial charge in [0, 0.05) is 11.4 Å². The van der Waals surface area contributed by atoms with Crippen molar-refractivity contribution in [1.29, 1.82) is 0 Å². The zero-order valence-corrected chi connectivity index (χ0v) is 6.82. The van der Waals surface area contributed by atoms with E-state index >= 15 is 0 Å². The molecule has 0 saturated carbocycles. The molecule has 0 aliphatic carbocycles. The number of nitrogens with zero attached hydrogens (tertiary/aromatic N) is 1. The Labute approximate surface area is 59.2 Å². The van der Waals surface area contributed by atoms with Gasteiger partial charge in [-0.3, -0.25) is 0 Å². The molecule has 0 radical (unpaired) electrons. The Morgan fingerprint density at radius 3 is 2.75 bits per heavy atom. The van der Waals surface area contributed by atoms with Gasteiger partial charge in [0.2, 0.25) is 0 Å². The maximum Gasteiger partial charge on any atom is 0.0285 e. The van der Waals surface area contributed by atoms with Gasteiger partial charge in [-0.2, -0.15) is 0 Å². The topological polar surface area (TPSA) is 3.24 Å².